The Morgan fingerprint density at radius 2 is 1.79 bits per heavy atom. The Morgan fingerprint density at radius 1 is 1.00 bits per heavy atom. The number of pyridine rings is 1. The van der Waals surface area contributed by atoms with Crippen LogP contribution in [0.4, 0.5) is 8.78 Å². The van der Waals surface area contributed by atoms with Crippen molar-refractivity contribution in [2.24, 2.45) is 0 Å². The van der Waals surface area contributed by atoms with E-state index in [4.69, 9.17) is 0 Å². The van der Waals surface area contributed by atoms with Crippen molar-refractivity contribution < 1.29 is 18.4 Å². The molecule has 0 radical (unpaired) electrons. The van der Waals surface area contributed by atoms with Crippen LogP contribution in [0.1, 0.15) is 22.0 Å². The lowest BCUT2D eigenvalue weighted by Crippen LogP contribution is -2.39. The number of para-hydroxylation sites is 1. The predicted octanol–water partition coefficient (Wildman–Crippen LogP) is 3.43. The number of nitrogens with zero attached hydrogens (tertiary/aromatic N) is 3. The number of nitrogens with one attached hydrogen (secondary N) is 2. The quantitative estimate of drug-likeness (QED) is 0.474. The highest BCUT2D eigenvalue weighted by molar-refractivity contribution is 6.02. The molecule has 0 fully saturated rings. The summed E-state index contributed by atoms with van der Waals surface area (Å²) in [7, 11) is 1.38. The average Bonchev–Trinajstić information content (AvgIpc) is 3.31. The van der Waals surface area contributed by atoms with Crippen molar-refractivity contribution in [2.75, 3.05) is 7.05 Å². The number of benzene rings is 2. The van der Waals surface area contributed by atoms with Crippen LogP contribution in [-0.2, 0) is 4.79 Å². The Labute approximate surface area is 188 Å². The lowest BCUT2D eigenvalue weighted by atomic mass is 10.0. The molecule has 166 valence electrons. The van der Waals surface area contributed by atoms with Crippen LogP contribution >= 0.6 is 0 Å². The van der Waals surface area contributed by atoms with Crippen LogP contribution in [0.2, 0.25) is 0 Å². The first-order chi connectivity index (χ1) is 16.0. The highest BCUT2D eigenvalue weighted by Gasteiger charge is 2.26. The van der Waals surface area contributed by atoms with Gasteiger partial charge in [-0.2, -0.15) is 5.10 Å². The summed E-state index contributed by atoms with van der Waals surface area (Å²) in [5, 5.41) is 9.59. The van der Waals surface area contributed by atoms with Crippen LogP contribution in [0.5, 0.6) is 0 Å². The Morgan fingerprint density at radius 3 is 2.45 bits per heavy atom. The van der Waals surface area contributed by atoms with E-state index in [0.29, 0.717) is 11.3 Å². The standard InChI is InChI=1S/C24H19F2N5O2/c1-27-24(33)22(15-9-10-19(25)20(26)12-15)29-23(32)18-14-31(17-7-3-2-4-8-17)30-21(18)16-6-5-11-28-13-16/h2-14,22H,1H3,(H,27,33)(H,29,32). The van der Waals surface area contributed by atoms with Crippen molar-refractivity contribution in [3.63, 3.8) is 0 Å². The van der Waals surface area contributed by atoms with Crippen LogP contribution in [-0.4, -0.2) is 33.6 Å². The fourth-order valence-corrected chi connectivity index (χ4v) is 3.31. The van der Waals surface area contributed by atoms with E-state index in [1.54, 1.807) is 35.4 Å². The highest BCUT2D eigenvalue weighted by atomic mass is 19.2. The number of halogens is 2. The van der Waals surface area contributed by atoms with Gasteiger partial charge in [-0.05, 0) is 42.0 Å². The minimum atomic E-state index is -1.25. The summed E-state index contributed by atoms with van der Waals surface area (Å²) in [4.78, 5) is 29.9. The SMILES string of the molecule is CNC(=O)C(NC(=O)c1cn(-c2ccccc2)nc1-c1cccnc1)c1ccc(F)c(F)c1. The molecule has 1 unspecified atom stereocenters. The van der Waals surface area contributed by atoms with E-state index in [-0.39, 0.29) is 11.1 Å². The Bertz CT molecular complexity index is 1290. The van der Waals surface area contributed by atoms with Crippen LogP contribution in [0.25, 0.3) is 16.9 Å². The van der Waals surface area contributed by atoms with Crippen LogP contribution in [0.3, 0.4) is 0 Å². The molecule has 0 saturated heterocycles. The van der Waals surface area contributed by atoms with Gasteiger partial charge >= 0.3 is 0 Å². The second-order valence-electron chi connectivity index (χ2n) is 7.11. The minimum Gasteiger partial charge on any atom is -0.357 e. The number of hydrogen-bond donors (Lipinski definition) is 2. The van der Waals surface area contributed by atoms with Gasteiger partial charge in [0.05, 0.1) is 11.3 Å². The zero-order valence-electron chi connectivity index (χ0n) is 17.5. The van der Waals surface area contributed by atoms with Gasteiger partial charge in [0.2, 0.25) is 5.91 Å². The van der Waals surface area contributed by atoms with E-state index >= 15 is 0 Å². The van der Waals surface area contributed by atoms with E-state index < -0.39 is 29.5 Å². The van der Waals surface area contributed by atoms with Crippen molar-refractivity contribution in [2.45, 2.75) is 6.04 Å². The van der Waals surface area contributed by atoms with Gasteiger partial charge in [-0.25, -0.2) is 13.5 Å². The highest BCUT2D eigenvalue weighted by Crippen LogP contribution is 2.24. The maximum Gasteiger partial charge on any atom is 0.256 e. The summed E-state index contributed by atoms with van der Waals surface area (Å²) >= 11 is 0. The number of rotatable bonds is 6. The molecular formula is C24H19F2N5O2. The summed E-state index contributed by atoms with van der Waals surface area (Å²) in [5.74, 6) is -3.38. The molecule has 1 atom stereocenters. The number of carbonyl (C=O) groups is 2. The lowest BCUT2D eigenvalue weighted by molar-refractivity contribution is -0.122. The monoisotopic (exact) mass is 447 g/mol. The van der Waals surface area contributed by atoms with Crippen molar-refractivity contribution in [1.82, 2.24) is 25.4 Å². The van der Waals surface area contributed by atoms with Crippen LogP contribution < -0.4 is 10.6 Å². The Hall–Kier alpha value is -4.40. The molecule has 7 nitrogen and oxygen atoms in total. The van der Waals surface area contributed by atoms with Gasteiger partial charge in [-0.15, -0.1) is 0 Å². The van der Waals surface area contributed by atoms with Gasteiger partial charge in [0.25, 0.3) is 5.91 Å². The number of aromatic nitrogens is 3. The third-order valence-electron chi connectivity index (χ3n) is 4.98. The first kappa shape index (κ1) is 21.8. The second kappa shape index (κ2) is 9.39. The largest absolute Gasteiger partial charge is 0.357 e. The molecule has 2 heterocycles. The molecule has 33 heavy (non-hydrogen) atoms. The smallest absolute Gasteiger partial charge is 0.256 e. The maximum absolute atomic E-state index is 13.8. The van der Waals surface area contributed by atoms with Crippen LogP contribution in [0.15, 0.2) is 79.3 Å². The van der Waals surface area contributed by atoms with Gasteiger partial charge in [-0.1, -0.05) is 24.3 Å². The first-order valence-electron chi connectivity index (χ1n) is 10.0. The van der Waals surface area contributed by atoms with E-state index in [1.807, 2.05) is 30.3 Å². The number of hydrogen-bond acceptors (Lipinski definition) is 4. The average molecular weight is 447 g/mol. The Balaban J connectivity index is 1.74. The van der Waals surface area contributed by atoms with Gasteiger partial charge in [0, 0.05) is 31.2 Å². The van der Waals surface area contributed by atoms with Crippen molar-refractivity contribution in [1.29, 1.82) is 0 Å². The zero-order chi connectivity index (χ0) is 23.4. The van der Waals surface area contributed by atoms with Crippen molar-refractivity contribution in [3.8, 4) is 16.9 Å². The predicted molar refractivity (Wildman–Crippen MR) is 117 cm³/mol. The molecule has 0 aliphatic heterocycles. The van der Waals surface area contributed by atoms with Crippen LogP contribution in [0, 0.1) is 11.6 Å². The Kier molecular flexibility index (Phi) is 6.21. The van der Waals surface area contributed by atoms with Gasteiger partial charge < -0.3 is 10.6 Å². The summed E-state index contributed by atoms with van der Waals surface area (Å²) in [5.41, 5.74) is 1.96. The lowest BCUT2D eigenvalue weighted by Gasteiger charge is -2.18. The number of amides is 2. The number of likely N-dealkylation sites (N-methyl/N-ethyl adjacent to an activating group) is 1. The fraction of sp³-hybridized carbons (Fsp3) is 0.0833. The number of carbonyl (C=O) groups excluding carboxylic acids is 2. The molecule has 2 N–H and O–H groups in total. The second-order valence-corrected chi connectivity index (χ2v) is 7.11. The van der Waals surface area contributed by atoms with Crippen molar-refractivity contribution in [3.05, 3.63) is 102 Å². The molecule has 2 aromatic carbocycles. The minimum absolute atomic E-state index is 0.0972. The summed E-state index contributed by atoms with van der Waals surface area (Å²) in [6.45, 7) is 0. The molecule has 0 aliphatic rings. The van der Waals surface area contributed by atoms with Gasteiger partial charge in [0.1, 0.15) is 11.7 Å². The summed E-state index contributed by atoms with van der Waals surface area (Å²) < 4.78 is 28.7. The van der Waals surface area contributed by atoms with Gasteiger partial charge in [-0.3, -0.25) is 14.6 Å². The third-order valence-corrected chi connectivity index (χ3v) is 4.98. The van der Waals surface area contributed by atoms with E-state index in [0.717, 1.165) is 17.8 Å². The van der Waals surface area contributed by atoms with E-state index in [1.165, 1.54) is 13.1 Å². The van der Waals surface area contributed by atoms with Crippen molar-refractivity contribution >= 4 is 11.8 Å². The summed E-state index contributed by atoms with van der Waals surface area (Å²) in [6.07, 6.45) is 4.71. The molecule has 0 spiro atoms. The molecule has 0 aliphatic carbocycles. The molecule has 2 amide bonds. The molecular weight excluding hydrogens is 428 g/mol. The molecule has 0 bridgehead atoms. The fourth-order valence-electron chi connectivity index (χ4n) is 3.31. The maximum atomic E-state index is 13.8. The molecule has 4 rings (SSSR count). The summed E-state index contributed by atoms with van der Waals surface area (Å²) in [6, 6.07) is 14.4. The molecule has 2 aromatic heterocycles. The molecule has 4 aromatic rings. The van der Waals surface area contributed by atoms with Gasteiger partial charge in [0.15, 0.2) is 11.6 Å². The van der Waals surface area contributed by atoms with E-state index in [9.17, 15) is 18.4 Å². The normalized spacial score (nSPS) is 11.6. The third kappa shape index (κ3) is 4.62. The first-order valence-corrected chi connectivity index (χ1v) is 10.0. The topological polar surface area (TPSA) is 88.9 Å². The zero-order valence-corrected chi connectivity index (χ0v) is 17.5. The van der Waals surface area contributed by atoms with E-state index in [2.05, 4.69) is 20.7 Å². The molecule has 9 heteroatoms. The molecule has 0 saturated carbocycles.